The van der Waals surface area contributed by atoms with Crippen LogP contribution in [0.2, 0.25) is 0 Å². The van der Waals surface area contributed by atoms with E-state index < -0.39 is 11.9 Å². The van der Waals surface area contributed by atoms with Crippen molar-refractivity contribution in [2.45, 2.75) is 26.9 Å². The minimum atomic E-state index is -0.515. The second kappa shape index (κ2) is 7.87. The zero-order valence-corrected chi connectivity index (χ0v) is 16.3. The summed E-state index contributed by atoms with van der Waals surface area (Å²) in [4.78, 5) is 26.6. The van der Waals surface area contributed by atoms with Gasteiger partial charge in [-0.2, -0.15) is 0 Å². The molecular formula is C22H21N3O4. The van der Waals surface area contributed by atoms with Gasteiger partial charge in [0.05, 0.1) is 5.92 Å². The highest BCUT2D eigenvalue weighted by Crippen LogP contribution is 2.30. The Morgan fingerprint density at radius 3 is 2.72 bits per heavy atom. The lowest BCUT2D eigenvalue weighted by atomic mass is 10.1. The van der Waals surface area contributed by atoms with Gasteiger partial charge in [0.2, 0.25) is 11.8 Å². The maximum atomic E-state index is 12.5. The van der Waals surface area contributed by atoms with Crippen LogP contribution in [0, 0.1) is 19.8 Å². The summed E-state index contributed by atoms with van der Waals surface area (Å²) in [5.74, 6) is -0.448. The Morgan fingerprint density at radius 1 is 1.14 bits per heavy atom. The van der Waals surface area contributed by atoms with Crippen molar-refractivity contribution in [2.24, 2.45) is 5.92 Å². The van der Waals surface area contributed by atoms with E-state index in [9.17, 15) is 9.59 Å². The first-order valence-corrected chi connectivity index (χ1v) is 9.44. The molecule has 1 aliphatic rings. The van der Waals surface area contributed by atoms with Gasteiger partial charge in [-0.05, 0) is 43.2 Å². The molecular weight excluding hydrogens is 370 g/mol. The summed E-state index contributed by atoms with van der Waals surface area (Å²) in [6.45, 7) is 4.16. The number of esters is 1. The number of aromatic nitrogens is 2. The van der Waals surface area contributed by atoms with E-state index in [1.165, 1.54) is 0 Å². The number of aryl methyl sites for hydroxylation is 1. The van der Waals surface area contributed by atoms with Crippen molar-refractivity contribution >= 4 is 17.6 Å². The van der Waals surface area contributed by atoms with Crippen LogP contribution in [0.4, 0.5) is 5.69 Å². The minimum absolute atomic E-state index is 0.0789. The molecule has 4 rings (SSSR count). The summed E-state index contributed by atoms with van der Waals surface area (Å²) in [6, 6.07) is 15.2. The van der Waals surface area contributed by atoms with Crippen molar-refractivity contribution in [1.82, 2.24) is 10.2 Å². The van der Waals surface area contributed by atoms with E-state index in [0.29, 0.717) is 12.4 Å². The van der Waals surface area contributed by atoms with E-state index in [4.69, 9.17) is 9.15 Å². The molecule has 0 radical (unpaired) electrons. The minimum Gasteiger partial charge on any atom is -0.455 e. The predicted octanol–water partition coefficient (Wildman–Crippen LogP) is 3.45. The lowest BCUT2D eigenvalue weighted by molar-refractivity contribution is -0.150. The maximum absolute atomic E-state index is 12.5. The molecule has 0 unspecified atom stereocenters. The molecule has 3 aromatic rings. The van der Waals surface area contributed by atoms with Crippen molar-refractivity contribution < 1.29 is 18.7 Å². The standard InChI is InChI=1S/C22H21N3O4/c1-14-7-6-10-18(15(14)2)25-12-17(11-20(25)26)22(27)28-13-19-23-24-21(29-19)16-8-4-3-5-9-16/h3-10,17H,11-13H2,1-2H3/t17-/m1/s1. The highest BCUT2D eigenvalue weighted by Gasteiger charge is 2.37. The Hall–Kier alpha value is -3.48. The van der Waals surface area contributed by atoms with Gasteiger partial charge < -0.3 is 14.1 Å². The number of ether oxygens (including phenoxy) is 1. The van der Waals surface area contributed by atoms with Gasteiger partial charge in [-0.15, -0.1) is 10.2 Å². The molecule has 0 aliphatic carbocycles. The van der Waals surface area contributed by atoms with Crippen molar-refractivity contribution in [3.8, 4) is 11.5 Å². The molecule has 0 N–H and O–H groups in total. The number of nitrogens with zero attached hydrogens (tertiary/aromatic N) is 3. The Labute approximate surface area is 168 Å². The van der Waals surface area contributed by atoms with E-state index in [2.05, 4.69) is 10.2 Å². The van der Waals surface area contributed by atoms with Gasteiger partial charge >= 0.3 is 5.97 Å². The number of anilines is 1. The third-order valence-corrected chi connectivity index (χ3v) is 5.15. The van der Waals surface area contributed by atoms with E-state index >= 15 is 0 Å². The number of hydrogen-bond acceptors (Lipinski definition) is 6. The second-order valence-electron chi connectivity index (χ2n) is 7.10. The molecule has 7 heteroatoms. The van der Waals surface area contributed by atoms with Gasteiger partial charge in [-0.3, -0.25) is 9.59 Å². The molecule has 1 aliphatic heterocycles. The lowest BCUT2D eigenvalue weighted by Gasteiger charge is -2.20. The quantitative estimate of drug-likeness (QED) is 0.619. The maximum Gasteiger partial charge on any atom is 0.311 e. The first kappa shape index (κ1) is 18.9. The van der Waals surface area contributed by atoms with Gasteiger partial charge in [0.1, 0.15) is 0 Å². The number of hydrogen-bond donors (Lipinski definition) is 0. The average molecular weight is 391 g/mol. The molecule has 1 atom stereocenters. The summed E-state index contributed by atoms with van der Waals surface area (Å²) < 4.78 is 10.9. The van der Waals surface area contributed by atoms with Gasteiger partial charge in [0.15, 0.2) is 6.61 Å². The van der Waals surface area contributed by atoms with Crippen molar-refractivity contribution in [2.75, 3.05) is 11.4 Å². The van der Waals surface area contributed by atoms with Crippen molar-refractivity contribution in [3.63, 3.8) is 0 Å². The fraction of sp³-hybridized carbons (Fsp3) is 0.273. The van der Waals surface area contributed by atoms with E-state index in [1.807, 2.05) is 62.4 Å². The summed E-state index contributed by atoms with van der Waals surface area (Å²) in [5, 5.41) is 7.89. The van der Waals surface area contributed by atoms with E-state index in [-0.39, 0.29) is 24.8 Å². The van der Waals surface area contributed by atoms with Crippen LogP contribution in [0.5, 0.6) is 0 Å². The molecule has 1 amide bonds. The fourth-order valence-corrected chi connectivity index (χ4v) is 3.39. The first-order chi connectivity index (χ1) is 14.0. The molecule has 0 spiro atoms. The van der Waals surface area contributed by atoms with Crippen LogP contribution in [0.1, 0.15) is 23.4 Å². The first-order valence-electron chi connectivity index (χ1n) is 9.44. The summed E-state index contributed by atoms with van der Waals surface area (Å²) in [7, 11) is 0. The highest BCUT2D eigenvalue weighted by molar-refractivity contribution is 6.00. The predicted molar refractivity (Wildman–Crippen MR) is 106 cm³/mol. The number of benzene rings is 2. The Bertz CT molecular complexity index is 1050. The topological polar surface area (TPSA) is 85.5 Å². The molecule has 0 saturated carbocycles. The van der Waals surface area contributed by atoms with Gasteiger partial charge in [-0.1, -0.05) is 30.3 Å². The normalized spacial score (nSPS) is 16.3. The SMILES string of the molecule is Cc1cccc(N2C[C@H](C(=O)OCc3nnc(-c4ccccc4)o3)CC2=O)c1C. The molecule has 7 nitrogen and oxygen atoms in total. The third-order valence-electron chi connectivity index (χ3n) is 5.15. The molecule has 1 saturated heterocycles. The molecule has 0 bridgehead atoms. The van der Waals surface area contributed by atoms with Crippen LogP contribution in [0.15, 0.2) is 52.9 Å². The zero-order valence-electron chi connectivity index (χ0n) is 16.3. The Balaban J connectivity index is 1.38. The molecule has 29 heavy (non-hydrogen) atoms. The zero-order chi connectivity index (χ0) is 20.4. The number of amides is 1. The summed E-state index contributed by atoms with van der Waals surface area (Å²) in [5.41, 5.74) is 3.78. The molecule has 2 aromatic carbocycles. The van der Waals surface area contributed by atoms with Crippen molar-refractivity contribution in [3.05, 3.63) is 65.5 Å². The van der Waals surface area contributed by atoms with Gasteiger partial charge in [0.25, 0.3) is 5.89 Å². The smallest absolute Gasteiger partial charge is 0.311 e. The number of rotatable bonds is 5. The summed E-state index contributed by atoms with van der Waals surface area (Å²) >= 11 is 0. The highest BCUT2D eigenvalue weighted by atomic mass is 16.5. The lowest BCUT2D eigenvalue weighted by Crippen LogP contribution is -2.27. The third kappa shape index (κ3) is 3.89. The van der Waals surface area contributed by atoms with Crippen LogP contribution < -0.4 is 4.90 Å². The Morgan fingerprint density at radius 2 is 1.93 bits per heavy atom. The van der Waals surface area contributed by atoms with Crippen LogP contribution in [0.25, 0.3) is 11.5 Å². The molecule has 2 heterocycles. The number of carbonyl (C=O) groups is 2. The number of carbonyl (C=O) groups excluding carboxylic acids is 2. The Kier molecular flexibility index (Phi) is 5.12. The largest absolute Gasteiger partial charge is 0.455 e. The average Bonchev–Trinajstić information content (AvgIpc) is 3.36. The molecule has 1 aromatic heterocycles. The van der Waals surface area contributed by atoms with Gasteiger partial charge in [-0.25, -0.2) is 0 Å². The van der Waals surface area contributed by atoms with Crippen molar-refractivity contribution in [1.29, 1.82) is 0 Å². The fourth-order valence-electron chi connectivity index (χ4n) is 3.39. The van der Waals surface area contributed by atoms with Crippen LogP contribution in [0.3, 0.4) is 0 Å². The van der Waals surface area contributed by atoms with Crippen LogP contribution >= 0.6 is 0 Å². The second-order valence-corrected chi connectivity index (χ2v) is 7.10. The van der Waals surface area contributed by atoms with Gasteiger partial charge in [0, 0.05) is 24.2 Å². The van der Waals surface area contributed by atoms with E-state index in [1.54, 1.807) is 4.90 Å². The van der Waals surface area contributed by atoms with E-state index in [0.717, 1.165) is 22.4 Å². The molecule has 148 valence electrons. The summed E-state index contributed by atoms with van der Waals surface area (Å²) in [6.07, 6.45) is 0.130. The van der Waals surface area contributed by atoms with Crippen LogP contribution in [-0.4, -0.2) is 28.6 Å². The monoisotopic (exact) mass is 391 g/mol. The molecule has 1 fully saturated rings. The van der Waals surface area contributed by atoms with Crippen LogP contribution in [-0.2, 0) is 20.9 Å².